The largest absolute Gasteiger partial charge is 0.497 e. The van der Waals surface area contributed by atoms with Gasteiger partial charge in [-0.05, 0) is 83.6 Å². The molecule has 0 radical (unpaired) electrons. The number of ether oxygens (including phenoxy) is 2. The van der Waals surface area contributed by atoms with Gasteiger partial charge in [-0.25, -0.2) is 0 Å². The van der Waals surface area contributed by atoms with Crippen LogP contribution in [0.4, 0.5) is 5.69 Å². The highest BCUT2D eigenvalue weighted by Crippen LogP contribution is 2.20. The van der Waals surface area contributed by atoms with Crippen LogP contribution >= 0.6 is 11.3 Å². The Labute approximate surface area is 177 Å². The Hall–Kier alpha value is -2.66. The van der Waals surface area contributed by atoms with E-state index < -0.39 is 0 Å². The zero-order chi connectivity index (χ0) is 20.2. The number of nitrogens with zero attached hydrogens (tertiary/aromatic N) is 2. The molecule has 4 nitrogen and oxygen atoms in total. The van der Waals surface area contributed by atoms with Gasteiger partial charge in [-0.1, -0.05) is 25.0 Å². The van der Waals surface area contributed by atoms with Crippen LogP contribution in [0.2, 0.25) is 0 Å². The second-order valence-electron chi connectivity index (χ2n) is 6.89. The SMILES string of the molecule is COc1ccc(CN=Nc2ccc(OCCCCCCc3ccsc3)cc2)cc1. The number of benzene rings is 2. The fourth-order valence-corrected chi connectivity index (χ4v) is 3.65. The van der Waals surface area contributed by atoms with Crippen molar-refractivity contribution in [2.75, 3.05) is 13.7 Å². The Morgan fingerprint density at radius 3 is 2.28 bits per heavy atom. The van der Waals surface area contributed by atoms with Gasteiger partial charge in [0.1, 0.15) is 11.5 Å². The monoisotopic (exact) mass is 408 g/mol. The zero-order valence-electron chi connectivity index (χ0n) is 16.9. The molecule has 0 aliphatic heterocycles. The molecule has 3 rings (SSSR count). The van der Waals surface area contributed by atoms with Gasteiger partial charge in [-0.2, -0.15) is 21.6 Å². The first-order valence-corrected chi connectivity index (χ1v) is 11.0. The molecule has 5 heteroatoms. The fraction of sp³-hybridized carbons (Fsp3) is 0.333. The first kappa shape index (κ1) is 21.1. The van der Waals surface area contributed by atoms with Crippen LogP contribution in [0, 0.1) is 0 Å². The maximum absolute atomic E-state index is 5.83. The van der Waals surface area contributed by atoms with Gasteiger partial charge in [0, 0.05) is 0 Å². The molecule has 0 unspecified atom stereocenters. The Bertz CT molecular complexity index is 844. The molecule has 3 aromatic rings. The average Bonchev–Trinajstić information content (AvgIpc) is 3.28. The fourth-order valence-electron chi connectivity index (χ4n) is 2.95. The molecule has 0 bridgehead atoms. The van der Waals surface area contributed by atoms with E-state index in [1.54, 1.807) is 18.4 Å². The van der Waals surface area contributed by atoms with Crippen molar-refractivity contribution in [3.63, 3.8) is 0 Å². The topological polar surface area (TPSA) is 43.2 Å². The van der Waals surface area contributed by atoms with Crippen LogP contribution in [0.25, 0.3) is 0 Å². The number of hydrogen-bond donors (Lipinski definition) is 0. The minimum absolute atomic E-state index is 0.550. The average molecular weight is 409 g/mol. The lowest BCUT2D eigenvalue weighted by atomic mass is 10.1. The van der Waals surface area contributed by atoms with E-state index in [-0.39, 0.29) is 0 Å². The molecule has 2 aromatic carbocycles. The lowest BCUT2D eigenvalue weighted by Gasteiger charge is -2.06. The second kappa shape index (κ2) is 12.0. The molecule has 152 valence electrons. The van der Waals surface area contributed by atoms with Gasteiger partial charge in [-0.15, -0.1) is 0 Å². The molecule has 0 saturated heterocycles. The molecule has 0 aliphatic carbocycles. The van der Waals surface area contributed by atoms with Crippen molar-refractivity contribution in [1.82, 2.24) is 0 Å². The summed E-state index contributed by atoms with van der Waals surface area (Å²) < 4.78 is 11.0. The predicted octanol–water partition coefficient (Wildman–Crippen LogP) is 7.22. The van der Waals surface area contributed by atoms with Crippen LogP contribution in [0.15, 0.2) is 75.6 Å². The maximum Gasteiger partial charge on any atom is 0.119 e. The van der Waals surface area contributed by atoms with Crippen LogP contribution in [0.5, 0.6) is 11.5 Å². The van der Waals surface area contributed by atoms with E-state index in [4.69, 9.17) is 9.47 Å². The van der Waals surface area contributed by atoms with E-state index in [9.17, 15) is 0 Å². The highest BCUT2D eigenvalue weighted by Gasteiger charge is 1.98. The van der Waals surface area contributed by atoms with Crippen molar-refractivity contribution >= 4 is 17.0 Å². The molecule has 29 heavy (non-hydrogen) atoms. The summed E-state index contributed by atoms with van der Waals surface area (Å²) in [6.07, 6.45) is 6.01. The van der Waals surface area contributed by atoms with Gasteiger partial charge in [0.2, 0.25) is 0 Å². The van der Waals surface area contributed by atoms with Crippen molar-refractivity contribution in [1.29, 1.82) is 0 Å². The molecule has 0 spiro atoms. The molecule has 0 fully saturated rings. The normalized spacial score (nSPS) is 11.1. The Morgan fingerprint density at radius 1 is 0.793 bits per heavy atom. The van der Waals surface area contributed by atoms with Crippen LogP contribution < -0.4 is 9.47 Å². The molecule has 0 saturated carbocycles. The molecule has 0 atom stereocenters. The minimum atomic E-state index is 0.550. The summed E-state index contributed by atoms with van der Waals surface area (Å²) in [5.74, 6) is 1.73. The van der Waals surface area contributed by atoms with E-state index in [1.165, 1.54) is 31.2 Å². The third-order valence-electron chi connectivity index (χ3n) is 4.64. The summed E-state index contributed by atoms with van der Waals surface area (Å²) in [5, 5.41) is 12.9. The summed E-state index contributed by atoms with van der Waals surface area (Å²) in [4.78, 5) is 0. The molecule has 1 heterocycles. The molecule has 1 aromatic heterocycles. The summed E-state index contributed by atoms with van der Waals surface area (Å²) in [5.41, 5.74) is 3.40. The lowest BCUT2D eigenvalue weighted by molar-refractivity contribution is 0.304. The van der Waals surface area contributed by atoms with Gasteiger partial charge in [0.05, 0.1) is 25.9 Å². The van der Waals surface area contributed by atoms with E-state index >= 15 is 0 Å². The van der Waals surface area contributed by atoms with Crippen molar-refractivity contribution in [3.05, 3.63) is 76.5 Å². The third kappa shape index (κ3) is 7.70. The van der Waals surface area contributed by atoms with Crippen molar-refractivity contribution in [3.8, 4) is 11.5 Å². The van der Waals surface area contributed by atoms with E-state index in [0.29, 0.717) is 6.54 Å². The van der Waals surface area contributed by atoms with Gasteiger partial charge >= 0.3 is 0 Å². The predicted molar refractivity (Wildman–Crippen MR) is 120 cm³/mol. The van der Waals surface area contributed by atoms with Crippen LogP contribution in [-0.4, -0.2) is 13.7 Å². The number of hydrogen-bond acceptors (Lipinski definition) is 5. The van der Waals surface area contributed by atoms with Gasteiger partial charge in [0.15, 0.2) is 0 Å². The Kier molecular flexibility index (Phi) is 8.73. The Balaban J connectivity index is 1.30. The highest BCUT2D eigenvalue weighted by atomic mass is 32.1. The number of azo groups is 1. The van der Waals surface area contributed by atoms with Gasteiger partial charge in [-0.3, -0.25) is 0 Å². The van der Waals surface area contributed by atoms with Crippen molar-refractivity contribution in [2.24, 2.45) is 10.2 Å². The van der Waals surface area contributed by atoms with Gasteiger partial charge in [0.25, 0.3) is 0 Å². The molecule has 0 N–H and O–H groups in total. The Morgan fingerprint density at radius 2 is 1.55 bits per heavy atom. The molecular formula is C24H28N2O2S. The van der Waals surface area contributed by atoms with E-state index in [2.05, 4.69) is 27.1 Å². The first-order chi connectivity index (χ1) is 14.3. The summed E-state index contributed by atoms with van der Waals surface area (Å²) in [6, 6.07) is 17.9. The molecule has 0 aliphatic rings. The minimum Gasteiger partial charge on any atom is -0.497 e. The van der Waals surface area contributed by atoms with Crippen molar-refractivity contribution in [2.45, 2.75) is 38.6 Å². The summed E-state index contributed by atoms with van der Waals surface area (Å²) >= 11 is 1.78. The highest BCUT2D eigenvalue weighted by molar-refractivity contribution is 7.07. The second-order valence-corrected chi connectivity index (χ2v) is 7.67. The maximum atomic E-state index is 5.83. The van der Waals surface area contributed by atoms with E-state index in [1.807, 2.05) is 48.5 Å². The smallest absolute Gasteiger partial charge is 0.119 e. The van der Waals surface area contributed by atoms with Crippen LogP contribution in [0.3, 0.4) is 0 Å². The van der Waals surface area contributed by atoms with Crippen LogP contribution in [-0.2, 0) is 13.0 Å². The molecule has 0 amide bonds. The number of unbranched alkanes of at least 4 members (excludes halogenated alkanes) is 3. The number of aryl methyl sites for hydroxylation is 1. The molecular weight excluding hydrogens is 380 g/mol. The zero-order valence-corrected chi connectivity index (χ0v) is 17.7. The number of thiophene rings is 1. The summed E-state index contributed by atoms with van der Waals surface area (Å²) in [6.45, 7) is 1.31. The summed E-state index contributed by atoms with van der Waals surface area (Å²) in [7, 11) is 1.66. The van der Waals surface area contributed by atoms with E-state index in [0.717, 1.165) is 35.8 Å². The standard InChI is InChI=1S/C24H28N2O2S/c1-27-23-11-7-20(8-12-23)18-25-26-22-9-13-24(14-10-22)28-16-5-3-2-4-6-21-15-17-29-19-21/h7-15,17,19H,2-6,16,18H2,1H3. The quantitative estimate of drug-likeness (QED) is 0.234. The number of methoxy groups -OCH3 is 1. The van der Waals surface area contributed by atoms with Crippen LogP contribution in [0.1, 0.15) is 36.8 Å². The third-order valence-corrected chi connectivity index (χ3v) is 5.38. The van der Waals surface area contributed by atoms with Crippen molar-refractivity contribution < 1.29 is 9.47 Å². The first-order valence-electron chi connectivity index (χ1n) is 10.1. The number of rotatable bonds is 12. The van der Waals surface area contributed by atoms with Gasteiger partial charge < -0.3 is 9.47 Å². The lowest BCUT2D eigenvalue weighted by Crippen LogP contribution is -1.97.